The molecule has 3 nitrogen and oxygen atoms in total. The number of aromatic nitrogens is 1. The van der Waals surface area contributed by atoms with Gasteiger partial charge in [-0.15, -0.1) is 0 Å². The minimum atomic E-state index is -0.580. The molecule has 0 aliphatic rings. The summed E-state index contributed by atoms with van der Waals surface area (Å²) in [6.07, 6.45) is 2.49. The number of benzene rings is 1. The molecule has 2 aromatic rings. The zero-order valence-electron chi connectivity index (χ0n) is 12.0. The van der Waals surface area contributed by atoms with E-state index in [1.807, 2.05) is 30.1 Å². The molecule has 1 aromatic heterocycles. The van der Waals surface area contributed by atoms with Crippen molar-refractivity contribution < 1.29 is 8.78 Å². The van der Waals surface area contributed by atoms with E-state index in [0.29, 0.717) is 12.1 Å². The first-order valence-electron chi connectivity index (χ1n) is 6.87. The molecular formula is C16H19F2N3. The highest BCUT2D eigenvalue weighted by atomic mass is 19.1. The van der Waals surface area contributed by atoms with Crippen molar-refractivity contribution in [3.05, 3.63) is 65.5 Å². The third kappa shape index (κ3) is 4.06. The highest BCUT2D eigenvalue weighted by Crippen LogP contribution is 2.22. The van der Waals surface area contributed by atoms with Crippen LogP contribution in [0.2, 0.25) is 0 Å². The lowest BCUT2D eigenvalue weighted by Crippen LogP contribution is -2.32. The Kier molecular flexibility index (Phi) is 5.36. The zero-order valence-corrected chi connectivity index (χ0v) is 12.0. The van der Waals surface area contributed by atoms with E-state index in [0.717, 1.165) is 18.2 Å². The van der Waals surface area contributed by atoms with Gasteiger partial charge in [0, 0.05) is 49.1 Å². The van der Waals surface area contributed by atoms with Gasteiger partial charge < -0.3 is 5.73 Å². The van der Waals surface area contributed by atoms with Crippen LogP contribution in [-0.4, -0.2) is 30.0 Å². The molecule has 1 atom stereocenters. The molecule has 0 saturated heterocycles. The Balaban J connectivity index is 2.06. The standard InChI is InChI=1S/C16H19F2N3/c1-21(9-7-13-4-2-3-8-20-13)16(11-19)14-6-5-12(17)10-15(14)18/h2-6,8,10,16H,7,9,11,19H2,1H3. The Bertz CT molecular complexity index is 575. The molecule has 1 unspecified atom stereocenters. The van der Waals surface area contributed by atoms with Crippen molar-refractivity contribution in [2.24, 2.45) is 5.73 Å². The minimum absolute atomic E-state index is 0.265. The van der Waals surface area contributed by atoms with E-state index in [9.17, 15) is 8.78 Å². The maximum absolute atomic E-state index is 13.9. The van der Waals surface area contributed by atoms with Gasteiger partial charge in [-0.05, 0) is 25.2 Å². The number of rotatable bonds is 6. The normalized spacial score (nSPS) is 12.6. The van der Waals surface area contributed by atoms with Crippen molar-refractivity contribution in [1.29, 1.82) is 0 Å². The topological polar surface area (TPSA) is 42.2 Å². The summed E-state index contributed by atoms with van der Waals surface area (Å²) in [5.74, 6) is -1.14. The Morgan fingerprint density at radius 3 is 2.67 bits per heavy atom. The highest BCUT2D eigenvalue weighted by molar-refractivity contribution is 5.22. The molecule has 5 heteroatoms. The molecule has 2 N–H and O–H groups in total. The van der Waals surface area contributed by atoms with Gasteiger partial charge in [-0.1, -0.05) is 12.1 Å². The number of nitrogens with zero attached hydrogens (tertiary/aromatic N) is 2. The molecule has 0 fully saturated rings. The number of pyridine rings is 1. The van der Waals surface area contributed by atoms with Gasteiger partial charge in [-0.25, -0.2) is 8.78 Å². The summed E-state index contributed by atoms with van der Waals surface area (Å²) in [5, 5.41) is 0. The second-order valence-electron chi connectivity index (χ2n) is 4.97. The minimum Gasteiger partial charge on any atom is -0.329 e. The van der Waals surface area contributed by atoms with Gasteiger partial charge in [0.1, 0.15) is 11.6 Å². The number of likely N-dealkylation sites (N-methyl/N-ethyl adjacent to an activating group) is 1. The van der Waals surface area contributed by atoms with E-state index in [1.165, 1.54) is 12.1 Å². The van der Waals surface area contributed by atoms with Crippen LogP contribution < -0.4 is 5.73 Å². The second-order valence-corrected chi connectivity index (χ2v) is 4.97. The smallest absolute Gasteiger partial charge is 0.130 e. The van der Waals surface area contributed by atoms with Crippen molar-refractivity contribution >= 4 is 0 Å². The van der Waals surface area contributed by atoms with Crippen molar-refractivity contribution in [1.82, 2.24) is 9.88 Å². The largest absolute Gasteiger partial charge is 0.329 e. The number of nitrogens with two attached hydrogens (primary N) is 1. The molecule has 0 aliphatic carbocycles. The maximum atomic E-state index is 13.9. The molecule has 0 radical (unpaired) electrons. The Morgan fingerprint density at radius 1 is 1.24 bits per heavy atom. The molecule has 1 aromatic carbocycles. The van der Waals surface area contributed by atoms with Gasteiger partial charge in [0.25, 0.3) is 0 Å². The summed E-state index contributed by atoms with van der Waals surface area (Å²) in [5.41, 5.74) is 7.15. The summed E-state index contributed by atoms with van der Waals surface area (Å²) < 4.78 is 26.9. The molecule has 0 amide bonds. The van der Waals surface area contributed by atoms with Crippen LogP contribution >= 0.6 is 0 Å². The number of hydrogen-bond donors (Lipinski definition) is 1. The predicted octanol–water partition coefficient (Wildman–Crippen LogP) is 2.53. The summed E-state index contributed by atoms with van der Waals surface area (Å²) in [4.78, 5) is 6.22. The average Bonchev–Trinajstić information content (AvgIpc) is 2.49. The van der Waals surface area contributed by atoms with Crippen molar-refractivity contribution in [2.45, 2.75) is 12.5 Å². The van der Waals surface area contributed by atoms with Crippen LogP contribution in [0.15, 0.2) is 42.6 Å². The first kappa shape index (κ1) is 15.5. The molecule has 0 bridgehead atoms. The molecule has 1 heterocycles. The van der Waals surface area contributed by atoms with Gasteiger partial charge in [0.05, 0.1) is 0 Å². The summed E-state index contributed by atoms with van der Waals surface area (Å²) >= 11 is 0. The van der Waals surface area contributed by atoms with Crippen molar-refractivity contribution in [3.63, 3.8) is 0 Å². The molecule has 0 aliphatic heterocycles. The molecule has 0 saturated carbocycles. The fourth-order valence-electron chi connectivity index (χ4n) is 2.31. The first-order valence-corrected chi connectivity index (χ1v) is 6.87. The van der Waals surface area contributed by atoms with Crippen LogP contribution in [0.4, 0.5) is 8.78 Å². The van der Waals surface area contributed by atoms with Gasteiger partial charge in [-0.3, -0.25) is 9.88 Å². The van der Waals surface area contributed by atoms with Gasteiger partial charge in [-0.2, -0.15) is 0 Å². The van der Waals surface area contributed by atoms with E-state index >= 15 is 0 Å². The predicted molar refractivity (Wildman–Crippen MR) is 78.7 cm³/mol. The Labute approximate surface area is 123 Å². The van der Waals surface area contributed by atoms with Crippen LogP contribution in [0.3, 0.4) is 0 Å². The first-order chi connectivity index (χ1) is 10.1. The third-order valence-corrected chi connectivity index (χ3v) is 3.52. The summed E-state index contributed by atoms with van der Waals surface area (Å²) in [6.45, 7) is 0.955. The van der Waals surface area contributed by atoms with Crippen molar-refractivity contribution in [3.8, 4) is 0 Å². The molecular weight excluding hydrogens is 272 g/mol. The van der Waals surface area contributed by atoms with E-state index in [2.05, 4.69) is 4.98 Å². The molecule has 0 spiro atoms. The van der Waals surface area contributed by atoms with Crippen LogP contribution in [0, 0.1) is 11.6 Å². The summed E-state index contributed by atoms with van der Waals surface area (Å²) in [6, 6.07) is 9.07. The lowest BCUT2D eigenvalue weighted by Gasteiger charge is -2.27. The number of halogens is 2. The average molecular weight is 291 g/mol. The number of hydrogen-bond acceptors (Lipinski definition) is 3. The van der Waals surface area contributed by atoms with Gasteiger partial charge in [0.2, 0.25) is 0 Å². The molecule has 21 heavy (non-hydrogen) atoms. The van der Waals surface area contributed by atoms with Crippen LogP contribution in [0.25, 0.3) is 0 Å². The lowest BCUT2D eigenvalue weighted by molar-refractivity contribution is 0.247. The highest BCUT2D eigenvalue weighted by Gasteiger charge is 2.19. The molecule has 112 valence electrons. The molecule has 2 rings (SSSR count). The Morgan fingerprint density at radius 2 is 2.05 bits per heavy atom. The van der Waals surface area contributed by atoms with E-state index in [4.69, 9.17) is 5.73 Å². The monoisotopic (exact) mass is 291 g/mol. The zero-order chi connectivity index (χ0) is 15.2. The van der Waals surface area contributed by atoms with Gasteiger partial charge >= 0.3 is 0 Å². The quantitative estimate of drug-likeness (QED) is 0.889. The SMILES string of the molecule is CN(CCc1ccccn1)C(CN)c1ccc(F)cc1F. The van der Waals surface area contributed by atoms with Crippen LogP contribution in [0.1, 0.15) is 17.3 Å². The maximum Gasteiger partial charge on any atom is 0.130 e. The fourth-order valence-corrected chi connectivity index (χ4v) is 2.31. The van der Waals surface area contributed by atoms with E-state index in [-0.39, 0.29) is 12.6 Å². The van der Waals surface area contributed by atoms with E-state index < -0.39 is 11.6 Å². The van der Waals surface area contributed by atoms with Gasteiger partial charge in [0.15, 0.2) is 0 Å². The lowest BCUT2D eigenvalue weighted by atomic mass is 10.0. The third-order valence-electron chi connectivity index (χ3n) is 3.52. The Hall–Kier alpha value is -1.85. The van der Waals surface area contributed by atoms with Crippen LogP contribution in [0.5, 0.6) is 0 Å². The second kappa shape index (κ2) is 7.24. The summed E-state index contributed by atoms with van der Waals surface area (Å²) in [7, 11) is 1.88. The van der Waals surface area contributed by atoms with Crippen molar-refractivity contribution in [2.75, 3.05) is 20.1 Å². The fraction of sp³-hybridized carbons (Fsp3) is 0.312. The van der Waals surface area contributed by atoms with Crippen LogP contribution in [-0.2, 0) is 6.42 Å². The van der Waals surface area contributed by atoms with E-state index in [1.54, 1.807) is 6.20 Å².